The molecule has 0 bridgehead atoms. The van der Waals surface area contributed by atoms with Crippen LogP contribution < -0.4 is 0 Å². The van der Waals surface area contributed by atoms with Gasteiger partial charge in [0.05, 0.1) is 11.0 Å². The van der Waals surface area contributed by atoms with Gasteiger partial charge in [0.2, 0.25) is 0 Å². The monoisotopic (exact) mass is 764 g/mol. The minimum Gasteiger partial charge on any atom is -0.292 e. The predicted molar refractivity (Wildman–Crippen MR) is 255 cm³/mol. The number of benzene rings is 9. The molecule has 0 saturated heterocycles. The van der Waals surface area contributed by atoms with Crippen LogP contribution in [-0.2, 0) is 5.41 Å². The molecule has 2 nitrogen and oxygen atoms in total. The SMILES string of the molecule is CC1(C)c2ccccc2-c2cc3c4cc(-c5ccc6c(c5)nc(-c5ccccc5)n6-c5ccccc5)ccc4c4ccccc4c4ccccc4c4ccccc4c3cc21. The fourth-order valence-electron chi connectivity index (χ4n) is 10.1. The molecule has 0 atom stereocenters. The summed E-state index contributed by atoms with van der Waals surface area (Å²) in [4.78, 5) is 5.33. The molecule has 1 aliphatic carbocycles. The third kappa shape index (κ3) is 5.17. The molecule has 0 saturated carbocycles. The first-order chi connectivity index (χ1) is 29.5. The summed E-state index contributed by atoms with van der Waals surface area (Å²) >= 11 is 0. The molecule has 1 heterocycles. The zero-order chi connectivity index (χ0) is 40.0. The molecule has 0 N–H and O–H groups in total. The van der Waals surface area contributed by atoms with Gasteiger partial charge >= 0.3 is 0 Å². The van der Waals surface area contributed by atoms with Crippen molar-refractivity contribution in [2.45, 2.75) is 19.3 Å². The highest BCUT2D eigenvalue weighted by molar-refractivity contribution is 6.27. The highest BCUT2D eigenvalue weighted by Crippen LogP contribution is 2.51. The van der Waals surface area contributed by atoms with Crippen LogP contribution in [0, 0.1) is 0 Å². The average molecular weight is 765 g/mol. The van der Waals surface area contributed by atoms with Gasteiger partial charge in [-0.2, -0.15) is 0 Å². The van der Waals surface area contributed by atoms with Gasteiger partial charge in [-0.15, -0.1) is 0 Å². The van der Waals surface area contributed by atoms with E-state index in [1.54, 1.807) is 0 Å². The van der Waals surface area contributed by atoms with Crippen LogP contribution >= 0.6 is 0 Å². The van der Waals surface area contributed by atoms with Crippen molar-refractivity contribution in [1.29, 1.82) is 0 Å². The highest BCUT2D eigenvalue weighted by atomic mass is 15.1. The van der Waals surface area contributed by atoms with Crippen LogP contribution in [0.25, 0.3) is 104 Å². The van der Waals surface area contributed by atoms with Crippen LogP contribution in [0.4, 0.5) is 0 Å². The first-order valence-electron chi connectivity index (χ1n) is 20.9. The third-order valence-electron chi connectivity index (χ3n) is 13.0. The Kier molecular flexibility index (Phi) is 7.61. The fraction of sp³-hybridized carbons (Fsp3) is 0.0517. The second-order valence-corrected chi connectivity index (χ2v) is 16.7. The number of nitrogens with zero attached hydrogens (tertiary/aromatic N) is 2. The molecule has 0 radical (unpaired) electrons. The van der Waals surface area contributed by atoms with E-state index in [1.165, 1.54) is 76.1 Å². The molecule has 1 aliphatic rings. The van der Waals surface area contributed by atoms with E-state index in [1.807, 2.05) is 0 Å². The summed E-state index contributed by atoms with van der Waals surface area (Å²) in [5, 5.41) is 12.3. The zero-order valence-electron chi connectivity index (χ0n) is 33.5. The molecule has 60 heavy (non-hydrogen) atoms. The zero-order valence-corrected chi connectivity index (χ0v) is 33.5. The maximum atomic E-state index is 5.33. The molecule has 2 heteroatoms. The number of imidazole rings is 1. The molecule has 0 amide bonds. The van der Waals surface area contributed by atoms with Crippen LogP contribution in [0.2, 0.25) is 0 Å². The average Bonchev–Trinajstić information content (AvgIpc) is 3.80. The number of para-hydroxylation sites is 1. The number of hydrogen-bond donors (Lipinski definition) is 0. The van der Waals surface area contributed by atoms with E-state index in [4.69, 9.17) is 4.98 Å². The summed E-state index contributed by atoms with van der Waals surface area (Å²) in [5.74, 6) is 0.931. The Labute approximate surface area is 349 Å². The quantitative estimate of drug-likeness (QED) is 0.175. The van der Waals surface area contributed by atoms with Crippen molar-refractivity contribution in [1.82, 2.24) is 9.55 Å². The van der Waals surface area contributed by atoms with Gasteiger partial charge in [-0.1, -0.05) is 178 Å². The Hall–Kier alpha value is -7.55. The third-order valence-corrected chi connectivity index (χ3v) is 13.0. The maximum Gasteiger partial charge on any atom is 0.145 e. The van der Waals surface area contributed by atoms with Crippen molar-refractivity contribution in [2.24, 2.45) is 0 Å². The lowest BCUT2D eigenvalue weighted by Crippen LogP contribution is -2.14. The topological polar surface area (TPSA) is 17.8 Å². The normalized spacial score (nSPS) is 13.0. The van der Waals surface area contributed by atoms with Crippen LogP contribution in [-0.4, -0.2) is 9.55 Å². The number of fused-ring (bicyclic) bond motifs is 14. The minimum absolute atomic E-state index is 0.141. The van der Waals surface area contributed by atoms with Gasteiger partial charge < -0.3 is 0 Å². The van der Waals surface area contributed by atoms with E-state index in [2.05, 4.69) is 225 Å². The molecule has 10 aromatic carbocycles. The first-order valence-corrected chi connectivity index (χ1v) is 20.9. The van der Waals surface area contributed by atoms with Crippen LogP contribution in [0.5, 0.6) is 0 Å². The summed E-state index contributed by atoms with van der Waals surface area (Å²) < 4.78 is 2.28. The lowest BCUT2D eigenvalue weighted by atomic mass is 9.81. The maximum absolute atomic E-state index is 5.33. The fourth-order valence-corrected chi connectivity index (χ4v) is 10.1. The summed E-state index contributed by atoms with van der Waals surface area (Å²) in [6, 6.07) is 75.9. The van der Waals surface area contributed by atoms with E-state index in [0.29, 0.717) is 0 Å². The van der Waals surface area contributed by atoms with Gasteiger partial charge in [0.25, 0.3) is 0 Å². The largest absolute Gasteiger partial charge is 0.292 e. The summed E-state index contributed by atoms with van der Waals surface area (Å²) in [7, 11) is 0. The van der Waals surface area contributed by atoms with Crippen molar-refractivity contribution in [3.63, 3.8) is 0 Å². The van der Waals surface area contributed by atoms with Crippen LogP contribution in [0.1, 0.15) is 25.0 Å². The molecular formula is C58H40N2. The Morgan fingerprint density at radius 3 is 1.48 bits per heavy atom. The van der Waals surface area contributed by atoms with Gasteiger partial charge in [-0.3, -0.25) is 4.57 Å². The van der Waals surface area contributed by atoms with Gasteiger partial charge in [-0.05, 0) is 130 Å². The Morgan fingerprint density at radius 2 is 0.833 bits per heavy atom. The standard InChI is InChI=1S/C58H40N2/c1-58(2)53-28-16-15-27-48(53)52-35-50-49-33-38(39-30-32-56-55(34-39)59-57(37-17-5-3-6-18-37)60(56)40-19-7-4-8-20-40)29-31-47(49)45-25-12-11-23-43(45)41-21-9-10-22-42(41)44-24-13-14-26-46(44)51(50)36-54(52)58/h3-36H,1-2H3. The molecular weight excluding hydrogens is 725 g/mol. The van der Waals surface area contributed by atoms with E-state index >= 15 is 0 Å². The van der Waals surface area contributed by atoms with Gasteiger partial charge in [0.1, 0.15) is 5.82 Å². The molecule has 12 rings (SSSR count). The van der Waals surface area contributed by atoms with Crippen molar-refractivity contribution in [3.8, 4) is 39.3 Å². The van der Waals surface area contributed by atoms with Crippen molar-refractivity contribution in [2.75, 3.05) is 0 Å². The van der Waals surface area contributed by atoms with Gasteiger partial charge in [-0.25, -0.2) is 4.98 Å². The van der Waals surface area contributed by atoms with Crippen molar-refractivity contribution >= 4 is 64.9 Å². The lowest BCUT2D eigenvalue weighted by Gasteiger charge is -2.22. The Balaban J connectivity index is 1.23. The Bertz CT molecular complexity index is 3610. The first kappa shape index (κ1) is 34.5. The van der Waals surface area contributed by atoms with E-state index in [0.717, 1.165) is 39.2 Å². The van der Waals surface area contributed by atoms with Crippen molar-refractivity contribution < 1.29 is 0 Å². The summed E-state index contributed by atoms with van der Waals surface area (Å²) in [6.07, 6.45) is 0. The van der Waals surface area contributed by atoms with Gasteiger partial charge in [0.15, 0.2) is 0 Å². The summed E-state index contributed by atoms with van der Waals surface area (Å²) in [6.45, 7) is 4.76. The molecule has 0 spiro atoms. The molecule has 282 valence electrons. The highest BCUT2D eigenvalue weighted by Gasteiger charge is 2.35. The molecule has 0 fully saturated rings. The Morgan fingerprint density at radius 1 is 0.350 bits per heavy atom. The van der Waals surface area contributed by atoms with Crippen LogP contribution in [0.3, 0.4) is 0 Å². The van der Waals surface area contributed by atoms with E-state index in [-0.39, 0.29) is 5.41 Å². The molecule has 0 aliphatic heterocycles. The van der Waals surface area contributed by atoms with E-state index < -0.39 is 0 Å². The van der Waals surface area contributed by atoms with E-state index in [9.17, 15) is 0 Å². The molecule has 0 unspecified atom stereocenters. The lowest BCUT2D eigenvalue weighted by molar-refractivity contribution is 0.661. The second-order valence-electron chi connectivity index (χ2n) is 16.7. The molecule has 11 aromatic rings. The molecule has 1 aromatic heterocycles. The number of hydrogen-bond acceptors (Lipinski definition) is 1. The minimum atomic E-state index is -0.141. The van der Waals surface area contributed by atoms with Gasteiger partial charge in [0, 0.05) is 16.7 Å². The number of aromatic nitrogens is 2. The second kappa shape index (κ2) is 13.2. The number of rotatable bonds is 3. The predicted octanol–water partition coefficient (Wildman–Crippen LogP) is 15.6. The summed E-state index contributed by atoms with van der Waals surface area (Å²) in [5.41, 5.74) is 11.7. The van der Waals surface area contributed by atoms with Crippen molar-refractivity contribution in [3.05, 3.63) is 217 Å². The van der Waals surface area contributed by atoms with Crippen LogP contribution in [0.15, 0.2) is 206 Å². The smallest absolute Gasteiger partial charge is 0.145 e.